The molecule has 1 amide bonds. The number of nitrogens with zero attached hydrogens (tertiary/aromatic N) is 2. The van der Waals surface area contributed by atoms with E-state index in [9.17, 15) is 9.59 Å². The molecule has 116 valence electrons. The standard InChI is InChI=1S/C13H24N2O4S/c1-18-9-10-20-11-12(16)15-7-5-14(6-8-15)4-3-13(17)19-2/h3-11H2,1-2H3. The number of ether oxygens (including phenoxy) is 2. The predicted octanol–water partition coefficient (Wildman–Crippen LogP) is 0.0733. The third-order valence-corrected chi connectivity index (χ3v) is 4.15. The summed E-state index contributed by atoms with van der Waals surface area (Å²) in [5.74, 6) is 1.38. The molecule has 0 bridgehead atoms. The van der Waals surface area contributed by atoms with Crippen LogP contribution in [0.15, 0.2) is 0 Å². The number of amides is 1. The molecule has 1 heterocycles. The molecule has 6 nitrogen and oxygen atoms in total. The van der Waals surface area contributed by atoms with Crippen molar-refractivity contribution in [2.24, 2.45) is 0 Å². The number of rotatable bonds is 8. The monoisotopic (exact) mass is 304 g/mol. The zero-order valence-electron chi connectivity index (χ0n) is 12.3. The fourth-order valence-corrected chi connectivity index (χ4v) is 2.75. The Morgan fingerprint density at radius 3 is 2.45 bits per heavy atom. The lowest BCUT2D eigenvalue weighted by Crippen LogP contribution is -2.49. The second-order valence-electron chi connectivity index (χ2n) is 4.59. The van der Waals surface area contributed by atoms with Gasteiger partial charge < -0.3 is 14.4 Å². The highest BCUT2D eigenvalue weighted by Gasteiger charge is 2.21. The van der Waals surface area contributed by atoms with Crippen LogP contribution in [0, 0.1) is 0 Å². The highest BCUT2D eigenvalue weighted by Crippen LogP contribution is 2.07. The van der Waals surface area contributed by atoms with E-state index in [1.807, 2.05) is 4.90 Å². The Morgan fingerprint density at radius 2 is 1.85 bits per heavy atom. The maximum Gasteiger partial charge on any atom is 0.306 e. The number of hydrogen-bond acceptors (Lipinski definition) is 6. The lowest BCUT2D eigenvalue weighted by Gasteiger charge is -2.34. The van der Waals surface area contributed by atoms with Crippen molar-refractivity contribution in [2.45, 2.75) is 6.42 Å². The van der Waals surface area contributed by atoms with Crippen LogP contribution in [0.4, 0.5) is 0 Å². The van der Waals surface area contributed by atoms with Crippen LogP contribution in [-0.4, -0.2) is 86.7 Å². The highest BCUT2D eigenvalue weighted by molar-refractivity contribution is 7.99. The largest absolute Gasteiger partial charge is 0.469 e. The van der Waals surface area contributed by atoms with Crippen LogP contribution in [0.3, 0.4) is 0 Å². The number of carbonyl (C=O) groups is 2. The summed E-state index contributed by atoms with van der Waals surface area (Å²) in [5.41, 5.74) is 0. The first kappa shape index (κ1) is 17.3. The van der Waals surface area contributed by atoms with E-state index in [4.69, 9.17) is 4.74 Å². The molecule has 0 aromatic carbocycles. The SMILES string of the molecule is COCCSCC(=O)N1CCN(CCC(=O)OC)CC1. The van der Waals surface area contributed by atoms with Crippen LogP contribution in [0.2, 0.25) is 0 Å². The van der Waals surface area contributed by atoms with Crippen LogP contribution in [-0.2, 0) is 19.1 Å². The van der Waals surface area contributed by atoms with Crippen molar-refractivity contribution in [2.75, 3.05) is 65.1 Å². The van der Waals surface area contributed by atoms with Gasteiger partial charge in [-0.2, -0.15) is 0 Å². The quantitative estimate of drug-likeness (QED) is 0.467. The smallest absolute Gasteiger partial charge is 0.306 e. The Kier molecular flexibility index (Phi) is 8.64. The number of hydrogen-bond donors (Lipinski definition) is 0. The average molecular weight is 304 g/mol. The fraction of sp³-hybridized carbons (Fsp3) is 0.846. The summed E-state index contributed by atoms with van der Waals surface area (Å²) in [7, 11) is 3.07. The van der Waals surface area contributed by atoms with Crippen LogP contribution in [0.25, 0.3) is 0 Å². The third-order valence-electron chi connectivity index (χ3n) is 3.24. The normalized spacial score (nSPS) is 16.2. The first-order valence-corrected chi connectivity index (χ1v) is 7.96. The van der Waals surface area contributed by atoms with Gasteiger partial charge in [0.2, 0.25) is 5.91 Å². The van der Waals surface area contributed by atoms with Crippen molar-refractivity contribution in [3.63, 3.8) is 0 Å². The van der Waals surface area contributed by atoms with E-state index in [0.717, 1.165) is 31.9 Å². The molecule has 0 radical (unpaired) electrons. The molecule has 0 spiro atoms. The topological polar surface area (TPSA) is 59.1 Å². The third kappa shape index (κ3) is 6.58. The van der Waals surface area contributed by atoms with Crippen molar-refractivity contribution < 1.29 is 19.1 Å². The second-order valence-corrected chi connectivity index (χ2v) is 5.70. The summed E-state index contributed by atoms with van der Waals surface area (Å²) in [6.07, 6.45) is 0.414. The number of carbonyl (C=O) groups excluding carboxylic acids is 2. The minimum Gasteiger partial charge on any atom is -0.469 e. The number of esters is 1. The van der Waals surface area contributed by atoms with E-state index in [-0.39, 0.29) is 11.9 Å². The molecule has 0 unspecified atom stereocenters. The van der Waals surface area contributed by atoms with Crippen LogP contribution >= 0.6 is 11.8 Å². The molecule has 1 aliphatic rings. The van der Waals surface area contributed by atoms with Crippen LogP contribution in [0.5, 0.6) is 0 Å². The first-order valence-electron chi connectivity index (χ1n) is 6.81. The molecule has 0 saturated carbocycles. The molecule has 0 aliphatic carbocycles. The second kappa shape index (κ2) is 10.0. The summed E-state index contributed by atoms with van der Waals surface area (Å²) in [4.78, 5) is 27.1. The molecule has 1 rings (SSSR count). The molecular weight excluding hydrogens is 280 g/mol. The molecule has 0 N–H and O–H groups in total. The van der Waals surface area contributed by atoms with Gasteiger partial charge >= 0.3 is 5.97 Å². The number of thioether (sulfide) groups is 1. The first-order chi connectivity index (χ1) is 9.67. The zero-order valence-corrected chi connectivity index (χ0v) is 13.1. The molecule has 7 heteroatoms. The van der Waals surface area contributed by atoms with Gasteiger partial charge in [0.05, 0.1) is 25.9 Å². The van der Waals surface area contributed by atoms with Gasteiger partial charge in [0, 0.05) is 45.6 Å². The molecule has 1 fully saturated rings. The van der Waals surface area contributed by atoms with Crippen molar-refractivity contribution >= 4 is 23.6 Å². The van der Waals surface area contributed by atoms with Gasteiger partial charge in [0.25, 0.3) is 0 Å². The van der Waals surface area contributed by atoms with Gasteiger partial charge in [-0.05, 0) is 0 Å². The summed E-state index contributed by atoms with van der Waals surface area (Å²) >= 11 is 1.61. The summed E-state index contributed by atoms with van der Waals surface area (Å²) in [6, 6.07) is 0. The maximum atomic E-state index is 12.0. The Balaban J connectivity index is 2.14. The van der Waals surface area contributed by atoms with E-state index >= 15 is 0 Å². The minimum absolute atomic E-state index is 0.182. The Hall–Kier alpha value is -0.790. The van der Waals surface area contributed by atoms with Crippen molar-refractivity contribution in [3.05, 3.63) is 0 Å². The molecule has 1 aliphatic heterocycles. The van der Waals surface area contributed by atoms with Gasteiger partial charge in [0.1, 0.15) is 0 Å². The Bertz CT molecular complexity index is 307. The molecule has 0 aromatic heterocycles. The van der Waals surface area contributed by atoms with Crippen molar-refractivity contribution in [1.29, 1.82) is 0 Å². The zero-order chi connectivity index (χ0) is 14.8. The minimum atomic E-state index is -0.182. The number of piperazine rings is 1. The maximum absolute atomic E-state index is 12.0. The molecular formula is C13H24N2O4S. The predicted molar refractivity (Wildman–Crippen MR) is 78.9 cm³/mol. The Morgan fingerprint density at radius 1 is 1.15 bits per heavy atom. The van der Waals surface area contributed by atoms with E-state index in [0.29, 0.717) is 25.3 Å². The van der Waals surface area contributed by atoms with Gasteiger partial charge in [0.15, 0.2) is 0 Å². The molecule has 20 heavy (non-hydrogen) atoms. The number of methoxy groups -OCH3 is 2. The van der Waals surface area contributed by atoms with E-state index in [1.54, 1.807) is 18.9 Å². The van der Waals surface area contributed by atoms with Gasteiger partial charge in [-0.25, -0.2) is 0 Å². The van der Waals surface area contributed by atoms with E-state index < -0.39 is 0 Å². The van der Waals surface area contributed by atoms with Crippen molar-refractivity contribution in [1.82, 2.24) is 9.80 Å². The van der Waals surface area contributed by atoms with Gasteiger partial charge in [-0.3, -0.25) is 14.5 Å². The average Bonchev–Trinajstić information content (AvgIpc) is 2.49. The van der Waals surface area contributed by atoms with Gasteiger partial charge in [-0.15, -0.1) is 11.8 Å². The van der Waals surface area contributed by atoms with E-state index in [2.05, 4.69) is 9.64 Å². The Labute approximate surface area is 124 Å². The lowest BCUT2D eigenvalue weighted by atomic mass is 10.3. The van der Waals surface area contributed by atoms with Crippen molar-refractivity contribution in [3.8, 4) is 0 Å². The lowest BCUT2D eigenvalue weighted by molar-refractivity contribution is -0.141. The molecule has 1 saturated heterocycles. The summed E-state index contributed by atoms with van der Waals surface area (Å²) in [5, 5.41) is 0. The van der Waals surface area contributed by atoms with Gasteiger partial charge in [-0.1, -0.05) is 0 Å². The summed E-state index contributed by atoms with van der Waals surface area (Å²) < 4.78 is 9.57. The fourth-order valence-electron chi connectivity index (χ4n) is 1.97. The van der Waals surface area contributed by atoms with Crippen LogP contribution in [0.1, 0.15) is 6.42 Å². The van der Waals surface area contributed by atoms with Crippen LogP contribution < -0.4 is 0 Å². The summed E-state index contributed by atoms with van der Waals surface area (Å²) in [6.45, 7) is 4.52. The molecule has 0 aromatic rings. The highest BCUT2D eigenvalue weighted by atomic mass is 32.2. The molecule has 0 atom stereocenters. The van der Waals surface area contributed by atoms with E-state index in [1.165, 1.54) is 7.11 Å².